The molecule has 3 heteroatoms. The highest BCUT2D eigenvalue weighted by atomic mass is 79.9. The van der Waals surface area contributed by atoms with Crippen molar-refractivity contribution >= 4 is 31.1 Å². The van der Waals surface area contributed by atoms with Crippen molar-refractivity contribution in [3.05, 3.63) is 60.2 Å². The second-order valence-corrected chi connectivity index (χ2v) is 7.32. The maximum atomic E-state index is 5.74. The highest BCUT2D eigenvalue weighted by Gasteiger charge is 1.98. The van der Waals surface area contributed by atoms with E-state index in [1.807, 2.05) is 42.5 Å². The summed E-state index contributed by atoms with van der Waals surface area (Å²) in [5, 5.41) is 0. The van der Waals surface area contributed by atoms with E-state index in [0.717, 1.165) is 11.5 Å². The van der Waals surface area contributed by atoms with Crippen LogP contribution in [0, 0.1) is 0 Å². The third-order valence-electron chi connectivity index (χ3n) is 2.50. The second-order valence-electron chi connectivity index (χ2n) is 3.85. The van der Waals surface area contributed by atoms with Gasteiger partial charge < -0.3 is 17.6 Å². The van der Waals surface area contributed by atoms with Crippen LogP contribution in [-0.4, -0.2) is 18.2 Å². The first-order valence-electron chi connectivity index (χ1n) is 5.76. The van der Waals surface area contributed by atoms with E-state index in [2.05, 4.69) is 25.0 Å². The fourth-order valence-electron chi connectivity index (χ4n) is 1.62. The number of halogens is 1. The molecule has 0 radical (unpaired) electrons. The minimum absolute atomic E-state index is 0.00526. The summed E-state index contributed by atoms with van der Waals surface area (Å²) >= 11 is 3.57. The van der Waals surface area contributed by atoms with E-state index in [1.54, 1.807) is 0 Å². The zero-order valence-electron chi connectivity index (χ0n) is 9.60. The summed E-state index contributed by atoms with van der Waals surface area (Å²) in [6.07, 6.45) is 1.17. The van der Waals surface area contributed by atoms with Crippen molar-refractivity contribution in [1.29, 1.82) is 0 Å². The number of hydrogen-bond acceptors (Lipinski definition) is 1. The van der Waals surface area contributed by atoms with Crippen LogP contribution >= 0.6 is 12.9 Å². The minimum atomic E-state index is -0.00526. The quantitative estimate of drug-likeness (QED) is 0.741. The lowest BCUT2D eigenvalue weighted by atomic mass is 10.2. The van der Waals surface area contributed by atoms with Crippen LogP contribution in [0.15, 0.2) is 54.6 Å². The number of benzene rings is 2. The van der Waals surface area contributed by atoms with Gasteiger partial charge in [-0.15, -0.1) is 4.55 Å². The Kier molecular flexibility index (Phi) is 5.35. The van der Waals surface area contributed by atoms with Gasteiger partial charge in [-0.25, -0.2) is 0 Å². The molecule has 84 valence electrons. The van der Waals surface area contributed by atoms with Crippen LogP contribution in [-0.2, 0) is 6.42 Å². The largest absolute Gasteiger partial charge is 0.468 e. The van der Waals surface area contributed by atoms with Crippen LogP contribution in [0.1, 0.15) is 5.56 Å². The monoisotopic (exact) mass is 300 g/mol. The van der Waals surface area contributed by atoms with Gasteiger partial charge in [-0.2, -0.15) is 0 Å². The van der Waals surface area contributed by atoms with Gasteiger partial charge in [0.15, 0.2) is 0 Å². The van der Waals surface area contributed by atoms with Gasteiger partial charge in [-0.1, -0.05) is 30.3 Å². The molecule has 0 atom stereocenters. The third kappa shape index (κ3) is 4.34. The summed E-state index contributed by atoms with van der Waals surface area (Å²) in [6.45, 7) is 0. The van der Waals surface area contributed by atoms with Crippen molar-refractivity contribution in [3.63, 3.8) is 0 Å². The number of aryl methyl sites for hydroxylation is 1. The lowest BCUT2D eigenvalue weighted by molar-refractivity contribution is 0.482. The molecular formula is C14H13BrMgO. The van der Waals surface area contributed by atoms with Crippen molar-refractivity contribution in [3.8, 4) is 11.5 Å². The Morgan fingerprint density at radius 1 is 0.882 bits per heavy atom. The molecule has 0 amide bonds. The molecular weight excluding hydrogens is 288 g/mol. The fourth-order valence-corrected chi connectivity index (χ4v) is 3.00. The Balaban J connectivity index is 1.98. The lowest BCUT2D eigenvalue weighted by Crippen LogP contribution is -1.88. The Hall–Kier alpha value is -0.514. The van der Waals surface area contributed by atoms with E-state index in [4.69, 9.17) is 4.74 Å². The van der Waals surface area contributed by atoms with Gasteiger partial charge >= 0.3 is 18.2 Å². The molecule has 0 unspecified atom stereocenters. The van der Waals surface area contributed by atoms with Crippen LogP contribution in [0.2, 0.25) is 4.55 Å². The number of rotatable bonds is 5. The Morgan fingerprint density at radius 3 is 2.18 bits per heavy atom. The molecule has 0 fully saturated rings. The molecule has 0 aliphatic heterocycles. The SMILES string of the molecule is [Br][Mg][CH2]Cc1ccc(Oc2ccccc2)cc1. The normalized spacial score (nSPS) is 9.71. The standard InChI is InChI=1S/C14H13O.BrH.Mg/c1-2-12-8-10-14(11-9-12)15-13-6-4-3-5-7-13;;/h3-11H,1-2H2;1H;/q;;+1/p-1. The smallest absolute Gasteiger partial charge is 0.457 e. The molecule has 2 aromatic carbocycles. The first-order chi connectivity index (χ1) is 8.38. The fraction of sp³-hybridized carbons (Fsp3) is 0.143. The van der Waals surface area contributed by atoms with Gasteiger partial charge in [-0.05, 0) is 36.2 Å². The maximum Gasteiger partial charge on any atom is 0.468 e. The summed E-state index contributed by atoms with van der Waals surface area (Å²) < 4.78 is 7.04. The Bertz CT molecular complexity index is 442. The number of ether oxygens (including phenoxy) is 1. The van der Waals surface area contributed by atoms with E-state index >= 15 is 0 Å². The van der Waals surface area contributed by atoms with Crippen LogP contribution < -0.4 is 4.74 Å². The van der Waals surface area contributed by atoms with Crippen molar-refractivity contribution in [2.45, 2.75) is 11.0 Å². The van der Waals surface area contributed by atoms with E-state index in [9.17, 15) is 0 Å². The number of hydrogen-bond donors (Lipinski definition) is 0. The van der Waals surface area contributed by atoms with Crippen molar-refractivity contribution in [2.24, 2.45) is 0 Å². The van der Waals surface area contributed by atoms with Gasteiger partial charge in [-0.3, -0.25) is 0 Å². The summed E-state index contributed by atoms with van der Waals surface area (Å²) in [5.41, 5.74) is 1.39. The first kappa shape index (κ1) is 12.9. The molecule has 0 spiro atoms. The molecule has 1 nitrogen and oxygen atoms in total. The van der Waals surface area contributed by atoms with Crippen LogP contribution in [0.5, 0.6) is 11.5 Å². The van der Waals surface area contributed by atoms with E-state index in [-0.39, 0.29) is 18.2 Å². The summed E-state index contributed by atoms with van der Waals surface area (Å²) in [7, 11) is 0. The van der Waals surface area contributed by atoms with Crippen LogP contribution in [0.3, 0.4) is 0 Å². The molecule has 2 aromatic rings. The van der Waals surface area contributed by atoms with Gasteiger partial charge in [0.2, 0.25) is 0 Å². The lowest BCUT2D eigenvalue weighted by Gasteiger charge is -2.06. The average molecular weight is 301 g/mol. The van der Waals surface area contributed by atoms with Gasteiger partial charge in [0.05, 0.1) is 0 Å². The molecule has 0 saturated heterocycles. The predicted molar refractivity (Wildman–Crippen MR) is 76.2 cm³/mol. The van der Waals surface area contributed by atoms with E-state index in [0.29, 0.717) is 0 Å². The Morgan fingerprint density at radius 2 is 1.53 bits per heavy atom. The van der Waals surface area contributed by atoms with Crippen molar-refractivity contribution in [1.82, 2.24) is 0 Å². The number of para-hydroxylation sites is 1. The third-order valence-corrected chi connectivity index (χ3v) is 4.80. The minimum Gasteiger partial charge on any atom is -0.457 e. The molecule has 0 N–H and O–H groups in total. The molecule has 0 bridgehead atoms. The molecule has 0 aliphatic rings. The zero-order valence-corrected chi connectivity index (χ0v) is 12.6. The van der Waals surface area contributed by atoms with Crippen LogP contribution in [0.25, 0.3) is 0 Å². The van der Waals surface area contributed by atoms with Gasteiger partial charge in [0.25, 0.3) is 0 Å². The molecule has 2 rings (SSSR count). The summed E-state index contributed by atoms with van der Waals surface area (Å²) in [6, 6.07) is 18.2. The first-order valence-corrected chi connectivity index (χ1v) is 10.7. The zero-order chi connectivity index (χ0) is 11.9. The molecule has 0 saturated carbocycles. The van der Waals surface area contributed by atoms with Gasteiger partial charge in [0.1, 0.15) is 11.5 Å². The molecule has 0 aromatic heterocycles. The van der Waals surface area contributed by atoms with Crippen molar-refractivity contribution in [2.75, 3.05) is 0 Å². The Labute approximate surface area is 118 Å². The highest BCUT2D eigenvalue weighted by molar-refractivity contribution is 9.23. The van der Waals surface area contributed by atoms with Crippen molar-refractivity contribution < 1.29 is 4.74 Å². The maximum absolute atomic E-state index is 5.74. The van der Waals surface area contributed by atoms with Gasteiger partial charge in [0, 0.05) is 0 Å². The topological polar surface area (TPSA) is 9.23 Å². The molecule has 0 heterocycles. The predicted octanol–water partition coefficient (Wildman–Crippen LogP) is 4.45. The average Bonchev–Trinajstić information content (AvgIpc) is 2.39. The molecule has 0 aliphatic carbocycles. The van der Waals surface area contributed by atoms with E-state index < -0.39 is 0 Å². The summed E-state index contributed by atoms with van der Waals surface area (Å²) in [5.74, 6) is 1.78. The van der Waals surface area contributed by atoms with E-state index in [1.165, 1.54) is 16.5 Å². The van der Waals surface area contributed by atoms with Crippen LogP contribution in [0.4, 0.5) is 0 Å². The second kappa shape index (κ2) is 7.04. The molecule has 17 heavy (non-hydrogen) atoms. The summed E-state index contributed by atoms with van der Waals surface area (Å²) in [4.78, 5) is 0. The highest BCUT2D eigenvalue weighted by Crippen LogP contribution is 2.21.